The van der Waals surface area contributed by atoms with Crippen LogP contribution < -0.4 is 9.47 Å². The van der Waals surface area contributed by atoms with Crippen LogP contribution in [0.4, 0.5) is 0 Å². The second-order valence-corrected chi connectivity index (χ2v) is 8.49. The molecule has 3 aromatic rings. The molecule has 1 saturated heterocycles. The summed E-state index contributed by atoms with van der Waals surface area (Å²) in [5.41, 5.74) is 2.13. The highest BCUT2D eigenvalue weighted by atomic mass is 35.5. The lowest BCUT2D eigenvalue weighted by Gasteiger charge is -2.25. The summed E-state index contributed by atoms with van der Waals surface area (Å²) in [4.78, 5) is 27.9. The van der Waals surface area contributed by atoms with Crippen LogP contribution in [0.3, 0.4) is 0 Å². The predicted molar refractivity (Wildman–Crippen MR) is 135 cm³/mol. The van der Waals surface area contributed by atoms with E-state index < -0.39 is 17.7 Å². The van der Waals surface area contributed by atoms with E-state index in [9.17, 15) is 14.7 Å². The van der Waals surface area contributed by atoms with E-state index in [-0.39, 0.29) is 11.3 Å². The Balaban J connectivity index is 1.74. The molecule has 1 fully saturated rings. The summed E-state index contributed by atoms with van der Waals surface area (Å²) in [6.07, 6.45) is 0.538. The van der Waals surface area contributed by atoms with Gasteiger partial charge in [0.05, 0.1) is 30.4 Å². The van der Waals surface area contributed by atoms with Crippen LogP contribution in [0.15, 0.2) is 78.4 Å². The fraction of sp³-hybridized carbons (Fsp3) is 0.214. The molecule has 1 aliphatic rings. The molecule has 0 bridgehead atoms. The van der Waals surface area contributed by atoms with Gasteiger partial charge in [0.25, 0.3) is 11.7 Å². The summed E-state index contributed by atoms with van der Waals surface area (Å²) >= 11 is 6.20. The zero-order valence-corrected chi connectivity index (χ0v) is 20.3. The van der Waals surface area contributed by atoms with Crippen molar-refractivity contribution in [3.8, 4) is 11.5 Å². The average Bonchev–Trinajstić information content (AvgIpc) is 3.14. The highest BCUT2D eigenvalue weighted by Crippen LogP contribution is 2.40. The minimum absolute atomic E-state index is 0.0423. The number of benzene rings is 3. The Kier molecular flexibility index (Phi) is 7.42. The maximum atomic E-state index is 13.2. The molecule has 0 saturated carbocycles. The number of hydrogen-bond acceptors (Lipinski definition) is 5. The first-order valence-electron chi connectivity index (χ1n) is 11.3. The van der Waals surface area contributed by atoms with Crippen molar-refractivity contribution in [1.29, 1.82) is 0 Å². The van der Waals surface area contributed by atoms with Gasteiger partial charge in [0.2, 0.25) is 0 Å². The average molecular weight is 492 g/mol. The molecule has 1 N–H and O–H groups in total. The molecule has 0 aliphatic carbocycles. The summed E-state index contributed by atoms with van der Waals surface area (Å²) in [6.45, 7) is 2.52. The van der Waals surface area contributed by atoms with Gasteiger partial charge in [-0.15, -0.1) is 0 Å². The van der Waals surface area contributed by atoms with Gasteiger partial charge >= 0.3 is 0 Å². The zero-order chi connectivity index (χ0) is 24.9. The van der Waals surface area contributed by atoms with Crippen LogP contribution in [0.25, 0.3) is 5.76 Å². The van der Waals surface area contributed by atoms with E-state index in [1.54, 1.807) is 25.3 Å². The Morgan fingerprint density at radius 3 is 2.40 bits per heavy atom. The largest absolute Gasteiger partial charge is 0.507 e. The van der Waals surface area contributed by atoms with Crippen molar-refractivity contribution in [2.75, 3.05) is 20.3 Å². The van der Waals surface area contributed by atoms with Gasteiger partial charge in [0, 0.05) is 12.1 Å². The highest BCUT2D eigenvalue weighted by Gasteiger charge is 2.45. The third kappa shape index (κ3) is 5.03. The van der Waals surface area contributed by atoms with Crippen molar-refractivity contribution in [3.05, 3.63) is 100 Å². The molecule has 1 heterocycles. The van der Waals surface area contributed by atoms with Gasteiger partial charge in [-0.2, -0.15) is 0 Å². The highest BCUT2D eigenvalue weighted by molar-refractivity contribution is 6.46. The lowest BCUT2D eigenvalue weighted by Crippen LogP contribution is -2.31. The Morgan fingerprint density at radius 1 is 1.03 bits per heavy atom. The molecule has 1 unspecified atom stereocenters. The number of Topliss-reactive ketones (excluding diaryl/α,β-unsaturated/α-hetero) is 1. The third-order valence-corrected chi connectivity index (χ3v) is 6.27. The monoisotopic (exact) mass is 491 g/mol. The van der Waals surface area contributed by atoms with Crippen LogP contribution >= 0.6 is 11.6 Å². The molecule has 3 aromatic carbocycles. The lowest BCUT2D eigenvalue weighted by molar-refractivity contribution is -0.139. The van der Waals surface area contributed by atoms with Gasteiger partial charge in [0.15, 0.2) is 0 Å². The van der Waals surface area contributed by atoms with E-state index in [1.165, 1.54) is 4.90 Å². The number of carbonyl (C=O) groups excluding carboxylic acids is 2. The van der Waals surface area contributed by atoms with E-state index in [1.807, 2.05) is 61.5 Å². The van der Waals surface area contributed by atoms with Crippen LogP contribution in [-0.2, 0) is 16.0 Å². The van der Waals surface area contributed by atoms with E-state index in [2.05, 4.69) is 0 Å². The minimum Gasteiger partial charge on any atom is -0.507 e. The van der Waals surface area contributed by atoms with Gasteiger partial charge in [0.1, 0.15) is 17.3 Å². The summed E-state index contributed by atoms with van der Waals surface area (Å²) in [6, 6.07) is 20.9. The number of amides is 1. The molecule has 0 spiro atoms. The van der Waals surface area contributed by atoms with E-state index >= 15 is 0 Å². The van der Waals surface area contributed by atoms with Crippen molar-refractivity contribution in [2.24, 2.45) is 0 Å². The van der Waals surface area contributed by atoms with Crippen LogP contribution in [0.1, 0.15) is 29.7 Å². The molecule has 0 aromatic heterocycles. The number of hydrogen-bond donors (Lipinski definition) is 1. The number of carbonyl (C=O) groups is 2. The normalized spacial score (nSPS) is 17.0. The van der Waals surface area contributed by atoms with Crippen molar-refractivity contribution >= 4 is 29.1 Å². The molecule has 1 atom stereocenters. The first-order chi connectivity index (χ1) is 16.9. The Labute approximate surface area is 209 Å². The van der Waals surface area contributed by atoms with Crippen molar-refractivity contribution < 1.29 is 24.2 Å². The molecular weight excluding hydrogens is 466 g/mol. The van der Waals surface area contributed by atoms with Crippen molar-refractivity contribution in [3.63, 3.8) is 0 Å². The number of likely N-dealkylation sites (tertiary alicyclic amines) is 1. The molecular formula is C28H26ClNO5. The topological polar surface area (TPSA) is 76.1 Å². The van der Waals surface area contributed by atoms with Gasteiger partial charge in [-0.1, -0.05) is 54.1 Å². The molecule has 7 heteroatoms. The summed E-state index contributed by atoms with van der Waals surface area (Å²) in [7, 11) is 1.60. The van der Waals surface area contributed by atoms with Crippen molar-refractivity contribution in [2.45, 2.75) is 19.4 Å². The van der Waals surface area contributed by atoms with Gasteiger partial charge in [-0.05, 0) is 54.8 Å². The molecule has 180 valence electrons. The van der Waals surface area contributed by atoms with E-state index in [4.69, 9.17) is 21.1 Å². The maximum Gasteiger partial charge on any atom is 0.295 e. The fourth-order valence-electron chi connectivity index (χ4n) is 4.21. The number of aliphatic hydroxyl groups is 1. The smallest absolute Gasteiger partial charge is 0.295 e. The predicted octanol–water partition coefficient (Wildman–Crippen LogP) is 5.41. The molecule has 4 rings (SSSR count). The first kappa shape index (κ1) is 24.4. The van der Waals surface area contributed by atoms with Crippen LogP contribution in [0.5, 0.6) is 11.5 Å². The summed E-state index contributed by atoms with van der Waals surface area (Å²) in [5, 5.41) is 11.6. The fourth-order valence-corrected chi connectivity index (χ4v) is 4.38. The molecule has 35 heavy (non-hydrogen) atoms. The van der Waals surface area contributed by atoms with Crippen molar-refractivity contribution in [1.82, 2.24) is 4.90 Å². The SMILES string of the molecule is CCOc1cc(/C(O)=C2/C(=O)C(=O)N(CCc3ccc(OC)cc3)C2c2ccccc2)ccc1Cl. The standard InChI is InChI=1S/C28H26ClNO5/c1-3-35-23-17-20(11-14-22(23)29)26(31)24-25(19-7-5-4-6-8-19)30(28(33)27(24)32)16-15-18-9-12-21(34-2)13-10-18/h4-14,17,25,31H,3,15-16H2,1-2H3/b26-24-. The van der Waals surface area contributed by atoms with Gasteiger partial charge < -0.3 is 19.5 Å². The van der Waals surface area contributed by atoms with E-state index in [0.717, 1.165) is 16.9 Å². The molecule has 0 radical (unpaired) electrons. The second kappa shape index (κ2) is 10.7. The zero-order valence-electron chi connectivity index (χ0n) is 19.5. The number of methoxy groups -OCH3 is 1. The Hall–Kier alpha value is -3.77. The summed E-state index contributed by atoms with van der Waals surface area (Å²) < 4.78 is 10.7. The number of halogens is 1. The second-order valence-electron chi connectivity index (χ2n) is 8.08. The van der Waals surface area contributed by atoms with Gasteiger partial charge in [-0.3, -0.25) is 9.59 Å². The number of nitrogens with zero attached hydrogens (tertiary/aromatic N) is 1. The minimum atomic E-state index is -0.723. The molecule has 1 aliphatic heterocycles. The number of rotatable bonds is 8. The van der Waals surface area contributed by atoms with Gasteiger partial charge in [-0.25, -0.2) is 0 Å². The maximum absolute atomic E-state index is 13.2. The van der Waals surface area contributed by atoms with E-state index in [0.29, 0.717) is 35.9 Å². The first-order valence-corrected chi connectivity index (χ1v) is 11.7. The quantitative estimate of drug-likeness (QED) is 0.259. The summed E-state index contributed by atoms with van der Waals surface area (Å²) in [5.74, 6) is -0.496. The Morgan fingerprint density at radius 2 is 1.74 bits per heavy atom. The number of ether oxygens (including phenoxy) is 2. The van der Waals surface area contributed by atoms with Crippen LogP contribution in [-0.4, -0.2) is 42.0 Å². The molecule has 1 amide bonds. The molecule has 6 nitrogen and oxygen atoms in total. The van der Waals surface area contributed by atoms with Crippen LogP contribution in [0, 0.1) is 0 Å². The number of ketones is 1. The third-order valence-electron chi connectivity index (χ3n) is 5.96. The Bertz CT molecular complexity index is 1250. The van der Waals surface area contributed by atoms with Crippen LogP contribution in [0.2, 0.25) is 5.02 Å². The lowest BCUT2D eigenvalue weighted by atomic mass is 9.95. The number of aliphatic hydroxyl groups excluding tert-OH is 1.